The highest BCUT2D eigenvalue weighted by atomic mass is 16.5. The van der Waals surface area contributed by atoms with Crippen molar-refractivity contribution in [1.29, 1.82) is 0 Å². The summed E-state index contributed by atoms with van der Waals surface area (Å²) in [5, 5.41) is 0. The number of rotatable bonds is 4. The summed E-state index contributed by atoms with van der Waals surface area (Å²) >= 11 is 0. The van der Waals surface area contributed by atoms with Crippen molar-refractivity contribution in [3.05, 3.63) is 0 Å². The number of carbonyl (C=O) groups is 1. The number of amides is 1. The van der Waals surface area contributed by atoms with E-state index >= 15 is 0 Å². The molecule has 1 amide bonds. The minimum Gasteiger partial charge on any atom is -0.379 e. The van der Waals surface area contributed by atoms with Gasteiger partial charge in [0.2, 0.25) is 5.91 Å². The van der Waals surface area contributed by atoms with Gasteiger partial charge in [-0.15, -0.1) is 0 Å². The molecule has 1 heterocycles. The molecule has 18 heavy (non-hydrogen) atoms. The molecule has 2 rings (SSSR count). The summed E-state index contributed by atoms with van der Waals surface area (Å²) < 4.78 is 5.34. The van der Waals surface area contributed by atoms with Gasteiger partial charge in [0.05, 0.1) is 19.1 Å². The van der Waals surface area contributed by atoms with Gasteiger partial charge >= 0.3 is 0 Å². The van der Waals surface area contributed by atoms with Crippen LogP contribution in [0.2, 0.25) is 0 Å². The van der Waals surface area contributed by atoms with Crippen molar-refractivity contribution in [2.75, 3.05) is 19.8 Å². The van der Waals surface area contributed by atoms with Crippen LogP contribution < -0.4 is 5.73 Å². The lowest BCUT2D eigenvalue weighted by Gasteiger charge is -2.33. The smallest absolute Gasteiger partial charge is 0.229 e. The number of hydrogen-bond donors (Lipinski definition) is 1. The number of nitrogens with zero attached hydrogens (tertiary/aromatic N) is 1. The number of carbonyl (C=O) groups excluding carboxylic acids is 1. The van der Waals surface area contributed by atoms with Gasteiger partial charge in [-0.2, -0.15) is 0 Å². The zero-order valence-electron chi connectivity index (χ0n) is 11.6. The van der Waals surface area contributed by atoms with Gasteiger partial charge < -0.3 is 15.4 Å². The lowest BCUT2D eigenvalue weighted by molar-refractivity contribution is -0.138. The van der Waals surface area contributed by atoms with Gasteiger partial charge in [0, 0.05) is 18.6 Å². The maximum Gasteiger partial charge on any atom is 0.229 e. The quantitative estimate of drug-likeness (QED) is 0.825. The molecule has 4 heteroatoms. The first-order valence-electron chi connectivity index (χ1n) is 7.23. The second kappa shape index (κ2) is 6.02. The lowest BCUT2D eigenvalue weighted by atomic mass is 10.00. The summed E-state index contributed by atoms with van der Waals surface area (Å²) in [4.78, 5) is 14.7. The summed E-state index contributed by atoms with van der Waals surface area (Å²) in [6.07, 6.45) is 4.81. The first-order valence-corrected chi connectivity index (χ1v) is 7.23. The van der Waals surface area contributed by atoms with Crippen molar-refractivity contribution in [3.8, 4) is 0 Å². The average molecular weight is 254 g/mol. The third-order valence-electron chi connectivity index (χ3n) is 4.05. The molecule has 0 aromatic heterocycles. The molecular formula is C14H26N2O2. The molecule has 104 valence electrons. The second-order valence-electron chi connectivity index (χ2n) is 6.13. The molecule has 0 aromatic carbocycles. The van der Waals surface area contributed by atoms with E-state index in [1.54, 1.807) is 0 Å². The standard InChI is InChI=1S/C14H26N2O2/c1-10(2)7-16(11-5-3-4-6-11)14(17)12-8-18-9-13(12)15/h10-13H,3-9,15H2,1-2H3. The molecule has 0 bridgehead atoms. The van der Waals surface area contributed by atoms with Crippen LogP contribution in [0, 0.1) is 11.8 Å². The van der Waals surface area contributed by atoms with Crippen molar-refractivity contribution in [1.82, 2.24) is 4.90 Å². The second-order valence-corrected chi connectivity index (χ2v) is 6.13. The molecule has 0 spiro atoms. The van der Waals surface area contributed by atoms with Crippen molar-refractivity contribution >= 4 is 5.91 Å². The molecule has 2 atom stereocenters. The van der Waals surface area contributed by atoms with Gasteiger partial charge in [0.25, 0.3) is 0 Å². The normalized spacial score (nSPS) is 29.1. The van der Waals surface area contributed by atoms with Gasteiger partial charge in [-0.05, 0) is 18.8 Å². The van der Waals surface area contributed by atoms with Gasteiger partial charge in [-0.25, -0.2) is 0 Å². The van der Waals surface area contributed by atoms with E-state index in [0.29, 0.717) is 25.2 Å². The van der Waals surface area contributed by atoms with E-state index in [9.17, 15) is 4.79 Å². The van der Waals surface area contributed by atoms with Crippen molar-refractivity contribution in [2.45, 2.75) is 51.6 Å². The fraction of sp³-hybridized carbons (Fsp3) is 0.929. The third-order valence-corrected chi connectivity index (χ3v) is 4.05. The van der Waals surface area contributed by atoms with E-state index in [-0.39, 0.29) is 17.9 Å². The Bertz CT molecular complexity index is 288. The molecule has 1 saturated carbocycles. The highest BCUT2D eigenvalue weighted by molar-refractivity contribution is 5.80. The minimum absolute atomic E-state index is 0.117. The number of ether oxygens (including phenoxy) is 1. The zero-order chi connectivity index (χ0) is 13.1. The van der Waals surface area contributed by atoms with E-state index in [1.807, 2.05) is 0 Å². The minimum atomic E-state index is -0.121. The van der Waals surface area contributed by atoms with Crippen LogP contribution in [0.4, 0.5) is 0 Å². The van der Waals surface area contributed by atoms with E-state index < -0.39 is 0 Å². The Kier molecular flexibility index (Phi) is 4.62. The maximum atomic E-state index is 12.6. The SMILES string of the molecule is CC(C)CN(C(=O)C1COCC1N)C1CCCC1. The van der Waals surface area contributed by atoms with Crippen molar-refractivity contribution in [3.63, 3.8) is 0 Å². The van der Waals surface area contributed by atoms with Crippen LogP contribution in [-0.4, -0.2) is 42.6 Å². The summed E-state index contributed by atoms with van der Waals surface area (Å²) in [6.45, 7) is 6.21. The summed E-state index contributed by atoms with van der Waals surface area (Å²) in [5.74, 6) is 0.609. The van der Waals surface area contributed by atoms with E-state index in [4.69, 9.17) is 10.5 Å². The molecule has 4 nitrogen and oxygen atoms in total. The molecule has 0 radical (unpaired) electrons. The Balaban J connectivity index is 2.04. The molecule has 2 unspecified atom stereocenters. The first kappa shape index (κ1) is 13.8. The Hall–Kier alpha value is -0.610. The maximum absolute atomic E-state index is 12.6. The summed E-state index contributed by atoms with van der Waals surface area (Å²) in [5.41, 5.74) is 5.97. The highest BCUT2D eigenvalue weighted by Crippen LogP contribution is 2.27. The van der Waals surface area contributed by atoms with Gasteiger partial charge in [0.1, 0.15) is 0 Å². The van der Waals surface area contributed by atoms with Gasteiger partial charge in [0.15, 0.2) is 0 Å². The topological polar surface area (TPSA) is 55.6 Å². The fourth-order valence-electron chi connectivity index (χ4n) is 3.07. The fourth-order valence-corrected chi connectivity index (χ4v) is 3.07. The Morgan fingerprint density at radius 3 is 2.50 bits per heavy atom. The summed E-state index contributed by atoms with van der Waals surface area (Å²) in [7, 11) is 0. The lowest BCUT2D eigenvalue weighted by Crippen LogP contribution is -2.48. The molecule has 2 fully saturated rings. The largest absolute Gasteiger partial charge is 0.379 e. The molecular weight excluding hydrogens is 228 g/mol. The van der Waals surface area contributed by atoms with Gasteiger partial charge in [-0.3, -0.25) is 4.79 Å². The molecule has 1 aliphatic carbocycles. The molecule has 0 aromatic rings. The van der Waals surface area contributed by atoms with E-state index in [0.717, 1.165) is 19.4 Å². The molecule has 1 aliphatic heterocycles. The predicted molar refractivity (Wildman–Crippen MR) is 71.1 cm³/mol. The van der Waals surface area contributed by atoms with Crippen LogP contribution in [-0.2, 0) is 9.53 Å². The predicted octanol–water partition coefficient (Wildman–Crippen LogP) is 1.39. The first-order chi connectivity index (χ1) is 8.59. The van der Waals surface area contributed by atoms with Crippen molar-refractivity contribution in [2.24, 2.45) is 17.6 Å². The van der Waals surface area contributed by atoms with E-state index in [2.05, 4.69) is 18.7 Å². The van der Waals surface area contributed by atoms with E-state index in [1.165, 1.54) is 12.8 Å². The Morgan fingerprint density at radius 1 is 1.33 bits per heavy atom. The monoisotopic (exact) mass is 254 g/mol. The average Bonchev–Trinajstić information content (AvgIpc) is 2.95. The Labute approximate surface area is 110 Å². The van der Waals surface area contributed by atoms with Crippen LogP contribution in [0.5, 0.6) is 0 Å². The van der Waals surface area contributed by atoms with Crippen molar-refractivity contribution < 1.29 is 9.53 Å². The number of hydrogen-bond acceptors (Lipinski definition) is 3. The highest BCUT2D eigenvalue weighted by Gasteiger charge is 2.37. The molecule has 1 saturated heterocycles. The molecule has 2 N–H and O–H groups in total. The summed E-state index contributed by atoms with van der Waals surface area (Å²) in [6, 6.07) is 0.321. The van der Waals surface area contributed by atoms with Crippen LogP contribution in [0.15, 0.2) is 0 Å². The Morgan fingerprint density at radius 2 is 2.00 bits per heavy atom. The van der Waals surface area contributed by atoms with Crippen LogP contribution in [0.25, 0.3) is 0 Å². The van der Waals surface area contributed by atoms with Crippen LogP contribution in [0.1, 0.15) is 39.5 Å². The third kappa shape index (κ3) is 3.04. The zero-order valence-corrected chi connectivity index (χ0v) is 11.6. The van der Waals surface area contributed by atoms with Gasteiger partial charge in [-0.1, -0.05) is 26.7 Å². The van der Waals surface area contributed by atoms with Crippen LogP contribution >= 0.6 is 0 Å². The molecule has 2 aliphatic rings. The van der Waals surface area contributed by atoms with Crippen LogP contribution in [0.3, 0.4) is 0 Å². The number of nitrogens with two attached hydrogens (primary N) is 1.